The molecule has 1 amide bonds. The monoisotopic (exact) mass is 386 g/mol. The van der Waals surface area contributed by atoms with Crippen molar-refractivity contribution in [1.29, 1.82) is 0 Å². The van der Waals surface area contributed by atoms with Crippen LogP contribution in [0.4, 0.5) is 5.69 Å². The molecule has 0 bridgehead atoms. The Morgan fingerprint density at radius 2 is 1.88 bits per heavy atom. The molecule has 0 radical (unpaired) electrons. The molecule has 1 unspecified atom stereocenters. The van der Waals surface area contributed by atoms with Crippen LogP contribution in [-0.2, 0) is 11.2 Å². The molecule has 2 aromatic rings. The van der Waals surface area contributed by atoms with Crippen molar-refractivity contribution in [3.8, 4) is 0 Å². The number of hydrogen-bond donors (Lipinski definition) is 1. The first-order valence-corrected chi connectivity index (χ1v) is 9.34. The molecule has 1 aliphatic heterocycles. The van der Waals surface area contributed by atoms with Crippen molar-refractivity contribution >= 4 is 27.5 Å². The van der Waals surface area contributed by atoms with E-state index in [1.165, 1.54) is 17.7 Å². The van der Waals surface area contributed by atoms with Gasteiger partial charge in [-0.15, -0.1) is 0 Å². The van der Waals surface area contributed by atoms with Gasteiger partial charge in [-0.1, -0.05) is 46.3 Å². The first kappa shape index (κ1) is 17.0. The Balaban J connectivity index is 1.46. The zero-order valence-electron chi connectivity index (χ0n) is 13.7. The number of hydrogen-bond acceptors (Lipinski definition) is 2. The fourth-order valence-corrected chi connectivity index (χ4v) is 3.50. The Hall–Kier alpha value is -1.81. The highest BCUT2D eigenvalue weighted by molar-refractivity contribution is 9.10. The average Bonchev–Trinajstić information content (AvgIpc) is 3.09. The second-order valence-electron chi connectivity index (χ2n) is 6.26. The summed E-state index contributed by atoms with van der Waals surface area (Å²) in [5.41, 5.74) is 2.45. The molecular weight excluding hydrogens is 364 g/mol. The normalized spacial score (nSPS) is 17.0. The minimum absolute atomic E-state index is 0.137. The highest BCUT2D eigenvalue weighted by Gasteiger charge is 2.24. The van der Waals surface area contributed by atoms with E-state index in [1.807, 2.05) is 18.2 Å². The van der Waals surface area contributed by atoms with E-state index in [2.05, 4.69) is 62.5 Å². The first-order valence-electron chi connectivity index (χ1n) is 8.55. The van der Waals surface area contributed by atoms with Gasteiger partial charge in [0.15, 0.2) is 0 Å². The molecule has 4 heteroatoms. The van der Waals surface area contributed by atoms with Crippen LogP contribution in [0.3, 0.4) is 0 Å². The Labute approximate surface area is 152 Å². The number of amides is 1. The maximum absolute atomic E-state index is 12.1. The lowest BCUT2D eigenvalue weighted by Gasteiger charge is -2.27. The number of aryl methyl sites for hydroxylation is 1. The highest BCUT2D eigenvalue weighted by atomic mass is 79.9. The van der Waals surface area contributed by atoms with E-state index in [-0.39, 0.29) is 5.91 Å². The van der Waals surface area contributed by atoms with Crippen molar-refractivity contribution in [2.24, 2.45) is 0 Å². The van der Waals surface area contributed by atoms with Gasteiger partial charge in [-0.05, 0) is 49.1 Å². The third-order valence-electron chi connectivity index (χ3n) is 4.55. The molecule has 0 saturated carbocycles. The van der Waals surface area contributed by atoms with Gasteiger partial charge >= 0.3 is 0 Å². The summed E-state index contributed by atoms with van der Waals surface area (Å²) in [6.07, 6.45) is 3.65. The van der Waals surface area contributed by atoms with Crippen molar-refractivity contribution in [2.45, 2.75) is 31.7 Å². The van der Waals surface area contributed by atoms with Crippen LogP contribution >= 0.6 is 15.9 Å². The first-order chi connectivity index (χ1) is 11.7. The third kappa shape index (κ3) is 4.60. The van der Waals surface area contributed by atoms with Crippen molar-refractivity contribution < 1.29 is 4.79 Å². The number of nitrogens with zero attached hydrogens (tertiary/aromatic N) is 1. The van der Waals surface area contributed by atoms with Crippen LogP contribution < -0.4 is 10.2 Å². The third-order valence-corrected chi connectivity index (χ3v) is 5.08. The number of nitrogens with one attached hydrogen (secondary N) is 1. The molecule has 0 aliphatic carbocycles. The number of carbonyl (C=O) groups is 1. The molecule has 24 heavy (non-hydrogen) atoms. The summed E-state index contributed by atoms with van der Waals surface area (Å²) in [5, 5.41) is 3.12. The molecule has 1 saturated heterocycles. The van der Waals surface area contributed by atoms with E-state index < -0.39 is 0 Å². The van der Waals surface area contributed by atoms with Crippen LogP contribution in [0.2, 0.25) is 0 Å². The molecule has 1 fully saturated rings. The number of rotatable bonds is 6. The molecule has 3 rings (SSSR count). The van der Waals surface area contributed by atoms with Gasteiger partial charge in [0.2, 0.25) is 5.91 Å². The standard InChI is InChI=1S/C20H23BrN2O/c21-17-11-8-16(9-12-17)10-13-20(24)22-15-19-7-4-14-23(19)18-5-2-1-3-6-18/h1-3,5-6,8-9,11-12,19H,4,7,10,13-15H2,(H,22,24). The quantitative estimate of drug-likeness (QED) is 0.807. The van der Waals surface area contributed by atoms with Gasteiger partial charge in [-0.25, -0.2) is 0 Å². The van der Waals surface area contributed by atoms with E-state index >= 15 is 0 Å². The Bertz CT molecular complexity index is 657. The average molecular weight is 387 g/mol. The van der Waals surface area contributed by atoms with Crippen LogP contribution in [0.1, 0.15) is 24.8 Å². The summed E-state index contributed by atoms with van der Waals surface area (Å²) in [6.45, 7) is 1.80. The molecule has 1 aliphatic rings. The summed E-state index contributed by atoms with van der Waals surface area (Å²) >= 11 is 3.43. The second-order valence-corrected chi connectivity index (χ2v) is 7.17. The van der Waals surface area contributed by atoms with Crippen molar-refractivity contribution in [1.82, 2.24) is 5.32 Å². The van der Waals surface area contributed by atoms with E-state index in [0.29, 0.717) is 12.5 Å². The van der Waals surface area contributed by atoms with E-state index in [1.54, 1.807) is 0 Å². The number of para-hydroxylation sites is 1. The van der Waals surface area contributed by atoms with Crippen LogP contribution in [-0.4, -0.2) is 25.0 Å². The summed E-state index contributed by atoms with van der Waals surface area (Å²) in [6, 6.07) is 19.0. The minimum atomic E-state index is 0.137. The van der Waals surface area contributed by atoms with Gasteiger partial charge in [-0.3, -0.25) is 4.79 Å². The summed E-state index contributed by atoms with van der Waals surface area (Å²) in [4.78, 5) is 14.6. The largest absolute Gasteiger partial charge is 0.367 e. The van der Waals surface area contributed by atoms with Gasteiger partial charge in [0, 0.05) is 35.7 Å². The Morgan fingerprint density at radius 3 is 2.62 bits per heavy atom. The summed E-state index contributed by atoms with van der Waals surface area (Å²) in [7, 11) is 0. The van der Waals surface area contributed by atoms with Gasteiger partial charge in [0.05, 0.1) is 0 Å². The molecule has 0 aromatic heterocycles. The Morgan fingerprint density at radius 1 is 1.12 bits per heavy atom. The molecule has 1 heterocycles. The summed E-state index contributed by atoms with van der Waals surface area (Å²) < 4.78 is 1.07. The van der Waals surface area contributed by atoms with Gasteiger partial charge in [0.1, 0.15) is 0 Å². The van der Waals surface area contributed by atoms with E-state index in [4.69, 9.17) is 0 Å². The highest BCUT2D eigenvalue weighted by Crippen LogP contribution is 2.24. The van der Waals surface area contributed by atoms with Gasteiger partial charge in [-0.2, -0.15) is 0 Å². The molecule has 0 spiro atoms. The lowest BCUT2D eigenvalue weighted by atomic mass is 10.1. The van der Waals surface area contributed by atoms with Gasteiger partial charge < -0.3 is 10.2 Å². The minimum Gasteiger partial charge on any atom is -0.367 e. The van der Waals surface area contributed by atoms with Crippen LogP contribution in [0.5, 0.6) is 0 Å². The second kappa shape index (κ2) is 8.34. The van der Waals surface area contributed by atoms with Crippen molar-refractivity contribution in [3.05, 3.63) is 64.6 Å². The molecule has 1 atom stereocenters. The maximum Gasteiger partial charge on any atom is 0.220 e. The van der Waals surface area contributed by atoms with Crippen molar-refractivity contribution in [2.75, 3.05) is 18.0 Å². The molecule has 1 N–H and O–H groups in total. The number of benzene rings is 2. The zero-order valence-corrected chi connectivity index (χ0v) is 15.3. The molecule has 3 nitrogen and oxygen atoms in total. The van der Waals surface area contributed by atoms with Gasteiger partial charge in [0.25, 0.3) is 0 Å². The molecule has 126 valence electrons. The zero-order chi connectivity index (χ0) is 16.8. The summed E-state index contributed by atoms with van der Waals surface area (Å²) in [5.74, 6) is 0.137. The van der Waals surface area contributed by atoms with E-state index in [0.717, 1.165) is 30.4 Å². The van der Waals surface area contributed by atoms with E-state index in [9.17, 15) is 4.79 Å². The fourth-order valence-electron chi connectivity index (χ4n) is 3.24. The maximum atomic E-state index is 12.1. The van der Waals surface area contributed by atoms with Crippen LogP contribution in [0.25, 0.3) is 0 Å². The van der Waals surface area contributed by atoms with Crippen LogP contribution in [0.15, 0.2) is 59.1 Å². The van der Waals surface area contributed by atoms with Crippen LogP contribution in [0, 0.1) is 0 Å². The molecule has 2 aromatic carbocycles. The predicted octanol–water partition coefficient (Wildman–Crippen LogP) is 4.17. The number of carbonyl (C=O) groups excluding carboxylic acids is 1. The van der Waals surface area contributed by atoms with Crippen molar-refractivity contribution in [3.63, 3.8) is 0 Å². The topological polar surface area (TPSA) is 32.3 Å². The Kier molecular flexibility index (Phi) is 5.91. The number of halogens is 1. The lowest BCUT2D eigenvalue weighted by molar-refractivity contribution is -0.121. The smallest absolute Gasteiger partial charge is 0.220 e. The number of anilines is 1. The molecular formula is C20H23BrN2O. The SMILES string of the molecule is O=C(CCc1ccc(Br)cc1)NCC1CCCN1c1ccccc1. The fraction of sp³-hybridized carbons (Fsp3) is 0.350. The predicted molar refractivity (Wildman–Crippen MR) is 102 cm³/mol. The lowest BCUT2D eigenvalue weighted by Crippen LogP contribution is -2.40.